The summed E-state index contributed by atoms with van der Waals surface area (Å²) in [5.41, 5.74) is 0. The average Bonchev–Trinajstić information content (AvgIpc) is 3.94. The van der Waals surface area contributed by atoms with Crippen LogP contribution in [0.25, 0.3) is 0 Å². The second-order valence-electron chi connectivity index (χ2n) is 15.2. The topological polar surface area (TPSA) is 90.2 Å². The van der Waals surface area contributed by atoms with E-state index in [1.165, 1.54) is 141 Å². The summed E-state index contributed by atoms with van der Waals surface area (Å²) < 4.78 is 27.6. The Balaban J connectivity index is 0.907. The summed E-state index contributed by atoms with van der Waals surface area (Å²) in [5, 5.41) is 0. The van der Waals surface area contributed by atoms with Gasteiger partial charge in [-0.25, -0.2) is 0 Å². The van der Waals surface area contributed by atoms with Gasteiger partial charge in [0, 0.05) is 0 Å². The van der Waals surface area contributed by atoms with Gasteiger partial charge < -0.3 is 23.7 Å². The molecule has 0 bridgehead atoms. The van der Waals surface area contributed by atoms with Crippen molar-refractivity contribution in [2.24, 2.45) is 11.8 Å². The molecule has 6 atom stereocenters. The maximum absolute atomic E-state index is 13.0. The third-order valence-corrected chi connectivity index (χ3v) is 10.9. The van der Waals surface area contributed by atoms with Crippen molar-refractivity contribution >= 4 is 11.9 Å². The van der Waals surface area contributed by atoms with Crippen LogP contribution in [0.4, 0.5) is 0 Å². The molecule has 0 aromatic rings. The predicted molar refractivity (Wildman–Crippen MR) is 186 cm³/mol. The molecule has 0 spiro atoms. The van der Waals surface area contributed by atoms with Gasteiger partial charge in [-0.15, -0.1) is 0 Å². The molecule has 4 fully saturated rings. The number of rotatable bonds is 32. The monoisotopic (exact) mass is 663 g/mol. The molecule has 7 nitrogen and oxygen atoms in total. The second-order valence-corrected chi connectivity index (χ2v) is 15.2. The van der Waals surface area contributed by atoms with E-state index in [0.29, 0.717) is 38.3 Å². The van der Waals surface area contributed by atoms with Crippen LogP contribution in [0.15, 0.2) is 0 Å². The molecule has 7 heteroatoms. The van der Waals surface area contributed by atoms with Crippen molar-refractivity contribution in [1.29, 1.82) is 0 Å². The minimum Gasteiger partial charge on any atom is -0.465 e. The first-order chi connectivity index (χ1) is 23.2. The molecule has 1 aliphatic carbocycles. The smallest absolute Gasteiger partial charge is 0.309 e. The lowest BCUT2D eigenvalue weighted by Gasteiger charge is -2.26. The Morgan fingerprint density at radius 2 is 0.702 bits per heavy atom. The van der Waals surface area contributed by atoms with E-state index in [4.69, 9.17) is 23.7 Å². The molecule has 6 unspecified atom stereocenters. The van der Waals surface area contributed by atoms with E-state index in [9.17, 15) is 9.59 Å². The molecule has 3 saturated heterocycles. The van der Waals surface area contributed by atoms with Crippen molar-refractivity contribution in [1.82, 2.24) is 0 Å². The van der Waals surface area contributed by atoms with Gasteiger partial charge in [0.1, 0.15) is 0 Å². The lowest BCUT2D eigenvalue weighted by molar-refractivity contribution is -0.162. The highest BCUT2D eigenvalue weighted by Crippen LogP contribution is 2.44. The predicted octanol–water partition coefficient (Wildman–Crippen LogP) is 9.81. The van der Waals surface area contributed by atoms with Crippen LogP contribution in [0.1, 0.15) is 180 Å². The highest BCUT2D eigenvalue weighted by Gasteiger charge is 2.53. The zero-order valence-corrected chi connectivity index (χ0v) is 29.9. The summed E-state index contributed by atoms with van der Waals surface area (Å²) in [5.74, 6) is -1.30. The SMILES string of the molecule is O=C(OCCCCCCCCCCCCCCC1CO1)C1CC2OC2CC1C(=O)OCCCCCCCCCCCCCCC1CO1. The molecule has 0 radical (unpaired) electrons. The Kier molecular flexibility index (Phi) is 19.8. The third-order valence-electron chi connectivity index (χ3n) is 10.9. The lowest BCUT2D eigenvalue weighted by Crippen LogP contribution is -2.37. The zero-order valence-electron chi connectivity index (χ0n) is 29.9. The first-order valence-corrected chi connectivity index (χ1v) is 20.4. The summed E-state index contributed by atoms with van der Waals surface area (Å²) in [6.45, 7) is 2.91. The van der Waals surface area contributed by atoms with Gasteiger partial charge in [0.25, 0.3) is 0 Å². The van der Waals surface area contributed by atoms with Gasteiger partial charge in [-0.05, 0) is 38.5 Å². The number of ether oxygens (including phenoxy) is 5. The van der Waals surface area contributed by atoms with E-state index < -0.39 is 11.8 Å². The van der Waals surface area contributed by atoms with E-state index in [2.05, 4.69) is 0 Å². The van der Waals surface area contributed by atoms with Crippen molar-refractivity contribution in [3.8, 4) is 0 Å². The quantitative estimate of drug-likeness (QED) is 0.0402. The summed E-state index contributed by atoms with van der Waals surface area (Å²) in [6.07, 6.45) is 35.7. The van der Waals surface area contributed by atoms with Crippen LogP contribution >= 0.6 is 0 Å². The molecular weight excluding hydrogens is 592 g/mol. The molecule has 3 heterocycles. The molecule has 47 heavy (non-hydrogen) atoms. The number of epoxide rings is 3. The van der Waals surface area contributed by atoms with Crippen molar-refractivity contribution in [2.75, 3.05) is 26.4 Å². The molecular formula is C40H70O7. The molecule has 3 aliphatic heterocycles. The van der Waals surface area contributed by atoms with Crippen LogP contribution in [0.3, 0.4) is 0 Å². The highest BCUT2D eigenvalue weighted by atomic mass is 16.6. The Morgan fingerprint density at radius 3 is 1.00 bits per heavy atom. The van der Waals surface area contributed by atoms with Gasteiger partial charge in [0.05, 0.1) is 62.7 Å². The number of carbonyl (C=O) groups excluding carboxylic acids is 2. The minimum atomic E-state index is -0.421. The van der Waals surface area contributed by atoms with Crippen molar-refractivity contribution in [3.63, 3.8) is 0 Å². The summed E-state index contributed by atoms with van der Waals surface area (Å²) in [7, 11) is 0. The Bertz CT molecular complexity index is 759. The van der Waals surface area contributed by atoms with Crippen LogP contribution in [-0.2, 0) is 33.3 Å². The standard InChI is InChI=1S/C40H70O7/c41-39(43-27-23-19-15-11-7-3-1-5-9-13-17-21-25-33-31-45-33)35-29-37-38(47-37)30-36(35)40(42)44-28-24-20-16-12-8-4-2-6-10-14-18-22-26-34-32-46-34/h33-38H,1-32H2. The van der Waals surface area contributed by atoms with E-state index in [-0.39, 0.29) is 24.1 Å². The van der Waals surface area contributed by atoms with Gasteiger partial charge in [0.15, 0.2) is 0 Å². The summed E-state index contributed by atoms with van der Waals surface area (Å²) in [6, 6.07) is 0. The maximum atomic E-state index is 13.0. The van der Waals surface area contributed by atoms with E-state index in [0.717, 1.165) is 38.9 Å². The third kappa shape index (κ3) is 18.4. The van der Waals surface area contributed by atoms with Crippen LogP contribution in [0.2, 0.25) is 0 Å². The number of esters is 2. The number of unbranched alkanes of at least 4 members (excludes halogenated alkanes) is 22. The Morgan fingerprint density at radius 1 is 0.426 bits per heavy atom. The molecule has 1 saturated carbocycles. The first-order valence-electron chi connectivity index (χ1n) is 20.4. The van der Waals surface area contributed by atoms with Gasteiger partial charge in [-0.3, -0.25) is 9.59 Å². The van der Waals surface area contributed by atoms with Crippen molar-refractivity contribution in [2.45, 2.75) is 204 Å². The minimum absolute atomic E-state index is 0.117. The molecule has 0 aromatic carbocycles. The molecule has 272 valence electrons. The molecule has 4 rings (SSSR count). The Labute approximate surface area is 287 Å². The van der Waals surface area contributed by atoms with Gasteiger partial charge in [-0.2, -0.15) is 0 Å². The number of fused-ring (bicyclic) bond motifs is 1. The average molecular weight is 663 g/mol. The van der Waals surface area contributed by atoms with Crippen molar-refractivity contribution in [3.05, 3.63) is 0 Å². The first kappa shape index (κ1) is 38.6. The van der Waals surface area contributed by atoms with Crippen LogP contribution in [0.5, 0.6) is 0 Å². The van der Waals surface area contributed by atoms with E-state index in [1.54, 1.807) is 0 Å². The van der Waals surface area contributed by atoms with Gasteiger partial charge in [-0.1, -0.05) is 141 Å². The van der Waals surface area contributed by atoms with E-state index in [1.807, 2.05) is 0 Å². The fraction of sp³-hybridized carbons (Fsp3) is 0.950. The fourth-order valence-electron chi connectivity index (χ4n) is 7.46. The van der Waals surface area contributed by atoms with E-state index >= 15 is 0 Å². The summed E-state index contributed by atoms with van der Waals surface area (Å²) >= 11 is 0. The lowest BCUT2D eigenvalue weighted by atomic mass is 9.79. The Hall–Kier alpha value is -1.18. The molecule has 0 N–H and O–H groups in total. The van der Waals surface area contributed by atoms with Crippen molar-refractivity contribution < 1.29 is 33.3 Å². The number of hydrogen-bond donors (Lipinski definition) is 0. The summed E-state index contributed by atoms with van der Waals surface area (Å²) in [4.78, 5) is 25.9. The fourth-order valence-corrected chi connectivity index (χ4v) is 7.46. The number of carbonyl (C=O) groups is 2. The number of hydrogen-bond acceptors (Lipinski definition) is 7. The van der Waals surface area contributed by atoms with Crippen LogP contribution in [-0.4, -0.2) is 62.8 Å². The zero-order chi connectivity index (χ0) is 32.8. The molecule has 0 aromatic heterocycles. The normalized spacial score (nSPS) is 25.7. The van der Waals surface area contributed by atoms with Gasteiger partial charge in [0.2, 0.25) is 0 Å². The maximum Gasteiger partial charge on any atom is 0.309 e. The molecule has 4 aliphatic rings. The van der Waals surface area contributed by atoms with Gasteiger partial charge >= 0.3 is 11.9 Å². The van der Waals surface area contributed by atoms with Crippen LogP contribution in [0, 0.1) is 11.8 Å². The highest BCUT2D eigenvalue weighted by molar-refractivity contribution is 5.82. The second kappa shape index (κ2) is 24.1. The van der Waals surface area contributed by atoms with Crippen LogP contribution < -0.4 is 0 Å². The molecule has 0 amide bonds. The largest absolute Gasteiger partial charge is 0.465 e.